The van der Waals surface area contributed by atoms with Crippen LogP contribution in [0.3, 0.4) is 0 Å². The molecule has 0 bridgehead atoms. The maximum atomic E-state index is 4.72. The van der Waals surface area contributed by atoms with Gasteiger partial charge in [-0.3, -0.25) is 9.97 Å². The fourth-order valence-corrected chi connectivity index (χ4v) is 8.47. The molecule has 1 aliphatic carbocycles. The molecule has 2 nitrogen and oxygen atoms in total. The van der Waals surface area contributed by atoms with Crippen molar-refractivity contribution in [2.24, 2.45) is 0 Å². The Labute approximate surface area is 327 Å². The van der Waals surface area contributed by atoms with Crippen molar-refractivity contribution in [3.63, 3.8) is 0 Å². The van der Waals surface area contributed by atoms with Gasteiger partial charge in [0.25, 0.3) is 0 Å². The number of allylic oxidation sites excluding steroid dienone is 4. The van der Waals surface area contributed by atoms with E-state index in [1.54, 1.807) is 0 Å². The minimum absolute atomic E-state index is 0.262. The molecule has 1 aliphatic rings. The molecule has 2 aromatic heterocycles. The highest BCUT2D eigenvalue weighted by Crippen LogP contribution is 2.46. The number of benzene rings is 7. The summed E-state index contributed by atoms with van der Waals surface area (Å²) < 4.78 is 0. The van der Waals surface area contributed by atoms with Crippen molar-refractivity contribution in [3.8, 4) is 44.8 Å². The average molecular weight is 715 g/mol. The van der Waals surface area contributed by atoms with E-state index in [9.17, 15) is 0 Å². The van der Waals surface area contributed by atoms with Crippen LogP contribution in [0.1, 0.15) is 29.0 Å². The maximum Gasteiger partial charge on any atom is 0.0702 e. The SMILES string of the molecule is C1=C(c2ccc3c(-c4cccc(-c5ccccn5)c4)c4ccccc4c(-c4cccc(-c5ccccn5)c4)c3c2)C=C(c2ccccc2)CC1c1ccccc1. The molecule has 0 saturated heterocycles. The highest BCUT2D eigenvalue weighted by Gasteiger charge is 2.22. The first-order valence-electron chi connectivity index (χ1n) is 19.3. The van der Waals surface area contributed by atoms with Crippen LogP contribution in [0.25, 0.3) is 77.5 Å². The first-order chi connectivity index (χ1) is 27.8. The van der Waals surface area contributed by atoms with Crippen LogP contribution in [-0.4, -0.2) is 9.97 Å². The molecule has 0 fully saturated rings. The largest absolute Gasteiger partial charge is 0.256 e. The van der Waals surface area contributed by atoms with Crippen LogP contribution in [-0.2, 0) is 0 Å². The van der Waals surface area contributed by atoms with Gasteiger partial charge < -0.3 is 0 Å². The molecule has 0 spiro atoms. The molecule has 264 valence electrons. The molecule has 2 heteroatoms. The zero-order valence-corrected chi connectivity index (χ0v) is 30.9. The molecule has 56 heavy (non-hydrogen) atoms. The average Bonchev–Trinajstić information content (AvgIpc) is 3.29. The summed E-state index contributed by atoms with van der Waals surface area (Å²) in [5.41, 5.74) is 15.3. The van der Waals surface area contributed by atoms with Crippen molar-refractivity contribution >= 4 is 32.7 Å². The van der Waals surface area contributed by atoms with E-state index in [0.29, 0.717) is 0 Å². The molecule has 7 aromatic carbocycles. The minimum atomic E-state index is 0.262. The van der Waals surface area contributed by atoms with Crippen LogP contribution >= 0.6 is 0 Å². The van der Waals surface area contributed by atoms with E-state index >= 15 is 0 Å². The van der Waals surface area contributed by atoms with Crippen LogP contribution in [0.5, 0.6) is 0 Å². The Morgan fingerprint density at radius 1 is 0.375 bits per heavy atom. The molecule has 0 radical (unpaired) electrons. The molecular weight excluding hydrogens is 677 g/mol. The van der Waals surface area contributed by atoms with Crippen LogP contribution in [0.2, 0.25) is 0 Å². The zero-order chi connectivity index (χ0) is 37.3. The predicted octanol–water partition coefficient (Wildman–Crippen LogP) is 14.1. The fourth-order valence-electron chi connectivity index (χ4n) is 8.47. The van der Waals surface area contributed by atoms with Crippen molar-refractivity contribution in [2.75, 3.05) is 0 Å². The topological polar surface area (TPSA) is 25.8 Å². The second kappa shape index (κ2) is 14.6. The molecule has 2 heterocycles. The molecule has 0 aliphatic heterocycles. The Morgan fingerprint density at radius 2 is 0.893 bits per heavy atom. The van der Waals surface area contributed by atoms with Crippen LogP contribution < -0.4 is 0 Å². The lowest BCUT2D eigenvalue weighted by Crippen LogP contribution is -2.04. The van der Waals surface area contributed by atoms with Crippen molar-refractivity contribution in [3.05, 3.63) is 229 Å². The van der Waals surface area contributed by atoms with E-state index in [1.807, 2.05) is 24.5 Å². The van der Waals surface area contributed by atoms with Crippen molar-refractivity contribution in [2.45, 2.75) is 12.3 Å². The van der Waals surface area contributed by atoms with E-state index in [2.05, 4.69) is 188 Å². The second-order valence-electron chi connectivity index (χ2n) is 14.5. The van der Waals surface area contributed by atoms with Crippen LogP contribution in [0.4, 0.5) is 0 Å². The summed E-state index contributed by atoms with van der Waals surface area (Å²) >= 11 is 0. The molecular formula is C54H38N2. The van der Waals surface area contributed by atoms with Gasteiger partial charge in [0.15, 0.2) is 0 Å². The number of hydrogen-bond donors (Lipinski definition) is 0. The lowest BCUT2D eigenvalue weighted by Gasteiger charge is -2.24. The zero-order valence-electron chi connectivity index (χ0n) is 30.9. The summed E-state index contributed by atoms with van der Waals surface area (Å²) in [4.78, 5) is 9.41. The van der Waals surface area contributed by atoms with E-state index in [4.69, 9.17) is 9.97 Å². The van der Waals surface area contributed by atoms with E-state index < -0.39 is 0 Å². The number of aromatic nitrogens is 2. The van der Waals surface area contributed by atoms with Gasteiger partial charge in [0.1, 0.15) is 0 Å². The molecule has 1 unspecified atom stereocenters. The lowest BCUT2D eigenvalue weighted by molar-refractivity contribution is 0.871. The summed E-state index contributed by atoms with van der Waals surface area (Å²) in [5, 5.41) is 4.87. The summed E-state index contributed by atoms with van der Waals surface area (Å²) in [6, 6.07) is 67.7. The van der Waals surface area contributed by atoms with Gasteiger partial charge in [-0.25, -0.2) is 0 Å². The smallest absolute Gasteiger partial charge is 0.0702 e. The Bertz CT molecular complexity index is 2910. The van der Waals surface area contributed by atoms with Gasteiger partial charge in [0, 0.05) is 29.4 Å². The molecule has 0 N–H and O–H groups in total. The predicted molar refractivity (Wildman–Crippen MR) is 235 cm³/mol. The number of rotatable bonds is 7. The number of pyridine rings is 2. The Kier molecular flexibility index (Phi) is 8.70. The third-order valence-corrected chi connectivity index (χ3v) is 11.1. The summed E-state index contributed by atoms with van der Waals surface area (Å²) in [6.07, 6.45) is 9.57. The Balaban J connectivity index is 1.24. The number of nitrogens with zero attached hydrogens (tertiary/aromatic N) is 2. The summed E-state index contributed by atoms with van der Waals surface area (Å²) in [7, 11) is 0. The monoisotopic (exact) mass is 714 g/mol. The van der Waals surface area contributed by atoms with Gasteiger partial charge >= 0.3 is 0 Å². The third-order valence-electron chi connectivity index (χ3n) is 11.1. The van der Waals surface area contributed by atoms with E-state index in [1.165, 1.54) is 71.6 Å². The van der Waals surface area contributed by atoms with Gasteiger partial charge in [-0.05, 0) is 121 Å². The highest BCUT2D eigenvalue weighted by molar-refractivity contribution is 6.22. The Hall–Kier alpha value is -7.16. The minimum Gasteiger partial charge on any atom is -0.256 e. The Morgan fingerprint density at radius 3 is 1.50 bits per heavy atom. The van der Waals surface area contributed by atoms with Gasteiger partial charge in [-0.15, -0.1) is 0 Å². The second-order valence-corrected chi connectivity index (χ2v) is 14.5. The maximum absolute atomic E-state index is 4.72. The quantitative estimate of drug-likeness (QED) is 0.154. The molecule has 0 saturated carbocycles. The van der Waals surface area contributed by atoms with Crippen molar-refractivity contribution in [1.29, 1.82) is 0 Å². The lowest BCUT2D eigenvalue weighted by atomic mass is 9.80. The number of hydrogen-bond acceptors (Lipinski definition) is 2. The standard InChI is InChI=1S/C54H38N2/c1-3-15-37(16-4-1)44-33-45(38-17-5-2-6-18-38)35-46(34-44)39-27-28-49-50(36-39)54(43-22-14-20-41(32-43)52-26-10-12-30-56-52)48-24-8-7-23-47(48)53(49)42-21-13-19-40(31-42)51-25-9-11-29-55-51/h1-32,34-36,44H,33H2. The van der Waals surface area contributed by atoms with Gasteiger partial charge in [0.2, 0.25) is 0 Å². The highest BCUT2D eigenvalue weighted by atomic mass is 14.7. The molecule has 9 aromatic rings. The van der Waals surface area contributed by atoms with Crippen LogP contribution in [0, 0.1) is 0 Å². The van der Waals surface area contributed by atoms with Crippen molar-refractivity contribution in [1.82, 2.24) is 9.97 Å². The summed E-state index contributed by atoms with van der Waals surface area (Å²) in [6.45, 7) is 0. The van der Waals surface area contributed by atoms with Gasteiger partial charge in [-0.1, -0.05) is 158 Å². The van der Waals surface area contributed by atoms with Gasteiger partial charge in [-0.2, -0.15) is 0 Å². The third kappa shape index (κ3) is 6.32. The molecule has 0 amide bonds. The van der Waals surface area contributed by atoms with Gasteiger partial charge in [0.05, 0.1) is 11.4 Å². The molecule has 1 atom stereocenters. The van der Waals surface area contributed by atoms with E-state index in [0.717, 1.165) is 28.9 Å². The van der Waals surface area contributed by atoms with E-state index in [-0.39, 0.29) is 5.92 Å². The van der Waals surface area contributed by atoms with Crippen LogP contribution in [0.15, 0.2) is 213 Å². The normalized spacial score (nSPS) is 14.0. The first kappa shape index (κ1) is 33.4. The fraction of sp³-hybridized carbons (Fsp3) is 0.0370. The molecule has 10 rings (SSSR count). The van der Waals surface area contributed by atoms with Crippen molar-refractivity contribution < 1.29 is 0 Å². The first-order valence-corrected chi connectivity index (χ1v) is 19.3. The summed E-state index contributed by atoms with van der Waals surface area (Å²) in [5.74, 6) is 0.262. The number of fused-ring (bicyclic) bond motifs is 2.